The van der Waals surface area contributed by atoms with Gasteiger partial charge in [-0.1, -0.05) is 30.3 Å². The third-order valence-electron chi connectivity index (χ3n) is 5.79. The number of piperazine rings is 1. The highest BCUT2D eigenvalue weighted by molar-refractivity contribution is 5.61. The van der Waals surface area contributed by atoms with Crippen LogP contribution in [0.4, 0.5) is 5.69 Å². The quantitative estimate of drug-likeness (QED) is 0.614. The Balaban J connectivity index is 1.60. The molecule has 7 heteroatoms. The first-order chi connectivity index (χ1) is 14.5. The van der Waals surface area contributed by atoms with Gasteiger partial charge in [-0.25, -0.2) is 5.10 Å². The average Bonchev–Trinajstić information content (AvgIpc) is 3.25. The second kappa shape index (κ2) is 8.67. The fourth-order valence-electron chi connectivity index (χ4n) is 4.30. The van der Waals surface area contributed by atoms with Crippen molar-refractivity contribution in [3.63, 3.8) is 0 Å². The molecule has 1 fully saturated rings. The van der Waals surface area contributed by atoms with Crippen molar-refractivity contribution in [3.05, 3.63) is 66.2 Å². The molecule has 0 radical (unpaired) electrons. The minimum atomic E-state index is 0.287. The SMILES string of the molecule is C=CCN1C[C@H](C)N(c2cc(O)cc(Cc3ccccc3-c3nnn[nH]3)c2)C[C@H]1C. The molecule has 7 nitrogen and oxygen atoms in total. The molecule has 1 aliphatic heterocycles. The smallest absolute Gasteiger partial charge is 0.179 e. The molecule has 1 aromatic heterocycles. The largest absolute Gasteiger partial charge is 0.508 e. The second-order valence-corrected chi connectivity index (χ2v) is 8.03. The summed E-state index contributed by atoms with van der Waals surface area (Å²) in [6.45, 7) is 11.1. The number of hydrogen-bond acceptors (Lipinski definition) is 6. The molecule has 0 saturated carbocycles. The normalized spacial score (nSPS) is 19.7. The number of phenolic OH excluding ortho intramolecular Hbond substituents is 1. The first-order valence-corrected chi connectivity index (χ1v) is 10.3. The predicted molar refractivity (Wildman–Crippen MR) is 119 cm³/mol. The van der Waals surface area contributed by atoms with Gasteiger partial charge in [0.15, 0.2) is 5.82 Å². The van der Waals surface area contributed by atoms with Gasteiger partial charge in [-0.3, -0.25) is 4.90 Å². The molecule has 0 bridgehead atoms. The van der Waals surface area contributed by atoms with E-state index in [-0.39, 0.29) is 5.75 Å². The number of aromatic nitrogens is 4. The molecular weight excluding hydrogens is 376 g/mol. The molecule has 1 aliphatic rings. The minimum absolute atomic E-state index is 0.287. The summed E-state index contributed by atoms with van der Waals surface area (Å²) in [5.74, 6) is 0.932. The van der Waals surface area contributed by atoms with E-state index in [0.717, 1.165) is 42.0 Å². The van der Waals surface area contributed by atoms with Crippen LogP contribution < -0.4 is 4.90 Å². The van der Waals surface area contributed by atoms with Crippen LogP contribution in [0.3, 0.4) is 0 Å². The van der Waals surface area contributed by atoms with Crippen molar-refractivity contribution in [1.29, 1.82) is 0 Å². The minimum Gasteiger partial charge on any atom is -0.508 e. The molecular formula is C23H28N6O. The van der Waals surface area contributed by atoms with Crippen LogP contribution in [-0.2, 0) is 6.42 Å². The average molecular weight is 405 g/mol. The third kappa shape index (κ3) is 4.21. The number of phenols is 1. The number of aromatic amines is 1. The van der Waals surface area contributed by atoms with E-state index in [1.807, 2.05) is 36.4 Å². The van der Waals surface area contributed by atoms with Gasteiger partial charge in [0, 0.05) is 49.0 Å². The van der Waals surface area contributed by atoms with Crippen LogP contribution in [0.15, 0.2) is 55.1 Å². The Bertz CT molecular complexity index is 1000. The maximum atomic E-state index is 10.5. The van der Waals surface area contributed by atoms with Gasteiger partial charge < -0.3 is 10.0 Å². The first-order valence-electron chi connectivity index (χ1n) is 10.3. The summed E-state index contributed by atoms with van der Waals surface area (Å²) in [6, 6.07) is 14.7. The molecule has 0 amide bonds. The zero-order chi connectivity index (χ0) is 21.1. The van der Waals surface area contributed by atoms with E-state index in [2.05, 4.69) is 63.0 Å². The lowest BCUT2D eigenvalue weighted by Crippen LogP contribution is -2.56. The van der Waals surface area contributed by atoms with Crippen molar-refractivity contribution >= 4 is 5.69 Å². The summed E-state index contributed by atoms with van der Waals surface area (Å²) in [5.41, 5.74) is 4.18. The van der Waals surface area contributed by atoms with Crippen molar-refractivity contribution in [2.75, 3.05) is 24.5 Å². The summed E-state index contributed by atoms with van der Waals surface area (Å²) in [5, 5.41) is 24.7. The van der Waals surface area contributed by atoms with Crippen LogP contribution in [-0.4, -0.2) is 62.3 Å². The highest BCUT2D eigenvalue weighted by Crippen LogP contribution is 2.30. The van der Waals surface area contributed by atoms with E-state index >= 15 is 0 Å². The van der Waals surface area contributed by atoms with E-state index in [9.17, 15) is 5.11 Å². The lowest BCUT2D eigenvalue weighted by molar-refractivity contribution is 0.184. The topological polar surface area (TPSA) is 81.2 Å². The van der Waals surface area contributed by atoms with E-state index in [1.165, 1.54) is 0 Å². The van der Waals surface area contributed by atoms with Gasteiger partial charge in [-0.05, 0) is 54.0 Å². The molecule has 2 atom stereocenters. The molecule has 30 heavy (non-hydrogen) atoms. The van der Waals surface area contributed by atoms with Gasteiger partial charge in [-0.2, -0.15) is 0 Å². The monoisotopic (exact) mass is 404 g/mol. The van der Waals surface area contributed by atoms with Gasteiger partial charge in [0.2, 0.25) is 0 Å². The number of H-pyrrole nitrogens is 1. The summed E-state index contributed by atoms with van der Waals surface area (Å²) in [4.78, 5) is 4.83. The van der Waals surface area contributed by atoms with Crippen LogP contribution in [0.5, 0.6) is 5.75 Å². The van der Waals surface area contributed by atoms with Gasteiger partial charge in [0.1, 0.15) is 5.75 Å². The van der Waals surface area contributed by atoms with E-state index in [0.29, 0.717) is 24.3 Å². The van der Waals surface area contributed by atoms with Crippen molar-refractivity contribution in [1.82, 2.24) is 25.5 Å². The number of nitrogens with one attached hydrogen (secondary N) is 1. The zero-order valence-electron chi connectivity index (χ0n) is 17.5. The maximum absolute atomic E-state index is 10.5. The fourth-order valence-corrected chi connectivity index (χ4v) is 4.30. The maximum Gasteiger partial charge on any atom is 0.179 e. The summed E-state index contributed by atoms with van der Waals surface area (Å²) >= 11 is 0. The van der Waals surface area contributed by atoms with Crippen molar-refractivity contribution in [2.45, 2.75) is 32.4 Å². The van der Waals surface area contributed by atoms with Crippen molar-refractivity contribution in [3.8, 4) is 17.1 Å². The molecule has 2 aromatic carbocycles. The van der Waals surface area contributed by atoms with Crippen LogP contribution in [0.2, 0.25) is 0 Å². The van der Waals surface area contributed by atoms with Gasteiger partial charge >= 0.3 is 0 Å². The second-order valence-electron chi connectivity index (χ2n) is 8.03. The number of rotatable bonds is 6. The summed E-state index contributed by atoms with van der Waals surface area (Å²) in [7, 11) is 0. The lowest BCUT2D eigenvalue weighted by Gasteiger charge is -2.45. The van der Waals surface area contributed by atoms with Crippen LogP contribution in [0.1, 0.15) is 25.0 Å². The molecule has 4 rings (SSSR count). The Morgan fingerprint density at radius 1 is 1.17 bits per heavy atom. The number of aromatic hydroxyl groups is 1. The summed E-state index contributed by atoms with van der Waals surface area (Å²) < 4.78 is 0. The Morgan fingerprint density at radius 3 is 2.77 bits per heavy atom. The van der Waals surface area contributed by atoms with Crippen molar-refractivity contribution in [2.24, 2.45) is 0 Å². The molecule has 3 aromatic rings. The number of benzene rings is 2. The molecule has 2 heterocycles. The Hall–Kier alpha value is -3.19. The molecule has 0 unspecified atom stereocenters. The Morgan fingerprint density at radius 2 is 2.00 bits per heavy atom. The molecule has 0 aliphatic carbocycles. The molecule has 1 saturated heterocycles. The van der Waals surface area contributed by atoms with E-state index < -0.39 is 0 Å². The Labute approximate surface area is 177 Å². The van der Waals surface area contributed by atoms with E-state index in [1.54, 1.807) is 0 Å². The number of hydrogen-bond donors (Lipinski definition) is 2. The standard InChI is InChI=1S/C23H28N6O/c1-4-9-28-14-17(3)29(15-16(28)2)20-11-18(12-21(30)13-20)10-19-7-5-6-8-22(19)23-24-26-27-25-23/h4-8,11-13,16-17,30H,1,9-10,14-15H2,2-3H3,(H,24,25,26,27)/t16-,17+/m1/s1. The zero-order valence-corrected chi connectivity index (χ0v) is 17.5. The number of anilines is 1. The highest BCUT2D eigenvalue weighted by Gasteiger charge is 2.28. The van der Waals surface area contributed by atoms with Crippen LogP contribution >= 0.6 is 0 Å². The molecule has 2 N–H and O–H groups in total. The highest BCUT2D eigenvalue weighted by atomic mass is 16.3. The Kier molecular flexibility index (Phi) is 5.81. The van der Waals surface area contributed by atoms with Gasteiger partial charge in [0.05, 0.1) is 0 Å². The first kappa shape index (κ1) is 20.1. The van der Waals surface area contributed by atoms with Crippen LogP contribution in [0.25, 0.3) is 11.4 Å². The third-order valence-corrected chi connectivity index (χ3v) is 5.79. The van der Waals surface area contributed by atoms with Crippen molar-refractivity contribution < 1.29 is 5.11 Å². The predicted octanol–water partition coefficient (Wildman–Crippen LogP) is 3.25. The fraction of sp³-hybridized carbons (Fsp3) is 0.348. The number of tetrazole rings is 1. The molecule has 156 valence electrons. The van der Waals surface area contributed by atoms with E-state index in [4.69, 9.17) is 0 Å². The van der Waals surface area contributed by atoms with Gasteiger partial charge in [-0.15, -0.1) is 11.7 Å². The molecule has 0 spiro atoms. The van der Waals surface area contributed by atoms with Crippen LogP contribution in [0, 0.1) is 0 Å². The lowest BCUT2D eigenvalue weighted by atomic mass is 9.98. The number of nitrogens with zero attached hydrogens (tertiary/aromatic N) is 5. The van der Waals surface area contributed by atoms with Gasteiger partial charge in [0.25, 0.3) is 0 Å². The summed E-state index contributed by atoms with van der Waals surface area (Å²) in [6.07, 6.45) is 2.64.